The monoisotopic (exact) mass is 400 g/mol. The van der Waals surface area contributed by atoms with Gasteiger partial charge in [-0.25, -0.2) is 9.59 Å². The van der Waals surface area contributed by atoms with Gasteiger partial charge in [-0.3, -0.25) is 0 Å². The van der Waals surface area contributed by atoms with Gasteiger partial charge >= 0.3 is 11.9 Å². The summed E-state index contributed by atoms with van der Waals surface area (Å²) in [7, 11) is 0. The number of esters is 2. The maximum atomic E-state index is 13.3. The number of benzene rings is 1. The van der Waals surface area contributed by atoms with Crippen molar-refractivity contribution in [3.63, 3.8) is 0 Å². The largest absolute Gasteiger partial charge is 0.422 e. The normalized spacial score (nSPS) is 32.7. The van der Waals surface area contributed by atoms with Crippen LogP contribution in [0.1, 0.15) is 108 Å². The summed E-state index contributed by atoms with van der Waals surface area (Å²) < 4.78 is 11.1. The molecule has 4 rings (SSSR count). The molecule has 1 unspecified atom stereocenters. The average Bonchev–Trinajstić information content (AvgIpc) is 2.72. The first-order chi connectivity index (χ1) is 14.0. The van der Waals surface area contributed by atoms with Crippen molar-refractivity contribution < 1.29 is 19.1 Å². The lowest BCUT2D eigenvalue weighted by molar-refractivity contribution is -0.0820. The Kier molecular flexibility index (Phi) is 5.93. The Balaban J connectivity index is 1.81. The van der Waals surface area contributed by atoms with Gasteiger partial charge in [0.15, 0.2) is 0 Å². The first kappa shape index (κ1) is 20.4. The van der Waals surface area contributed by atoms with Crippen LogP contribution in [-0.2, 0) is 9.47 Å². The fourth-order valence-electron chi connectivity index (χ4n) is 5.20. The molecule has 1 aliphatic heterocycles. The van der Waals surface area contributed by atoms with E-state index in [9.17, 15) is 9.59 Å². The van der Waals surface area contributed by atoms with E-state index in [1.807, 2.05) is 19.1 Å². The van der Waals surface area contributed by atoms with Crippen molar-refractivity contribution in [2.75, 3.05) is 0 Å². The number of hydrogen-bond acceptors (Lipinski definition) is 6. The molecule has 29 heavy (non-hydrogen) atoms. The first-order valence-electron chi connectivity index (χ1n) is 11.1. The molecule has 2 bridgehead atoms. The lowest BCUT2D eigenvalue weighted by Gasteiger charge is -2.34. The molecule has 2 fully saturated rings. The topological polar surface area (TPSA) is 105 Å². The van der Waals surface area contributed by atoms with Crippen LogP contribution < -0.4 is 11.5 Å². The van der Waals surface area contributed by atoms with Crippen LogP contribution in [0.3, 0.4) is 0 Å². The summed E-state index contributed by atoms with van der Waals surface area (Å²) in [6.07, 6.45) is 6.95. The molecule has 0 amide bonds. The minimum absolute atomic E-state index is 0.129. The Morgan fingerprint density at radius 2 is 1.38 bits per heavy atom. The fourth-order valence-corrected chi connectivity index (χ4v) is 5.20. The van der Waals surface area contributed by atoms with Crippen molar-refractivity contribution in [3.05, 3.63) is 34.4 Å². The molecule has 3 aliphatic rings. The van der Waals surface area contributed by atoms with Crippen LogP contribution in [0.25, 0.3) is 0 Å². The SMILES string of the molecule is CCC1OC(=O)c2ccc(C3CCC(N)CC3)c(c2C2CCC(N)CC2)C(=O)O1. The van der Waals surface area contributed by atoms with E-state index in [-0.39, 0.29) is 29.9 Å². The van der Waals surface area contributed by atoms with Crippen LogP contribution in [0, 0.1) is 0 Å². The minimum atomic E-state index is -0.839. The lowest BCUT2D eigenvalue weighted by Crippen LogP contribution is -2.33. The molecule has 1 atom stereocenters. The molecule has 0 aromatic heterocycles. The third kappa shape index (κ3) is 4.05. The summed E-state index contributed by atoms with van der Waals surface area (Å²) in [6.45, 7) is 1.84. The van der Waals surface area contributed by atoms with E-state index >= 15 is 0 Å². The first-order valence-corrected chi connectivity index (χ1v) is 11.1. The highest BCUT2D eigenvalue weighted by atomic mass is 16.7. The standard InChI is InChI=1S/C23H32N2O4/c1-2-19-28-22(26)18-12-11-17(13-3-7-15(24)8-4-13)21(23(27)29-19)20(18)14-5-9-16(25)10-6-14/h11-16,19H,2-10,24-25H2,1H3. The molecule has 1 aromatic carbocycles. The average molecular weight is 401 g/mol. The van der Waals surface area contributed by atoms with Crippen molar-refractivity contribution >= 4 is 11.9 Å². The second-order valence-electron chi connectivity index (χ2n) is 8.86. The Morgan fingerprint density at radius 3 is 1.97 bits per heavy atom. The highest BCUT2D eigenvalue weighted by Crippen LogP contribution is 2.43. The van der Waals surface area contributed by atoms with Crippen molar-refractivity contribution in [2.45, 2.75) is 94.9 Å². The zero-order valence-corrected chi connectivity index (χ0v) is 17.2. The van der Waals surface area contributed by atoms with Gasteiger partial charge in [-0.15, -0.1) is 0 Å². The maximum absolute atomic E-state index is 13.3. The van der Waals surface area contributed by atoms with Crippen LogP contribution in [0.5, 0.6) is 0 Å². The van der Waals surface area contributed by atoms with E-state index in [4.69, 9.17) is 20.9 Å². The molecule has 1 heterocycles. The van der Waals surface area contributed by atoms with Crippen LogP contribution in [-0.4, -0.2) is 30.3 Å². The molecule has 158 valence electrons. The predicted octanol–water partition coefficient (Wildman–Crippen LogP) is 3.72. The number of rotatable bonds is 3. The van der Waals surface area contributed by atoms with Crippen molar-refractivity contribution in [3.8, 4) is 0 Å². The van der Waals surface area contributed by atoms with Gasteiger partial charge in [0.25, 0.3) is 0 Å². The van der Waals surface area contributed by atoms with Gasteiger partial charge in [0.1, 0.15) is 0 Å². The van der Waals surface area contributed by atoms with E-state index in [1.54, 1.807) is 0 Å². The highest BCUT2D eigenvalue weighted by molar-refractivity contribution is 6.00. The third-order valence-electron chi connectivity index (χ3n) is 6.90. The van der Waals surface area contributed by atoms with Crippen molar-refractivity contribution in [1.29, 1.82) is 0 Å². The highest BCUT2D eigenvalue weighted by Gasteiger charge is 2.37. The third-order valence-corrected chi connectivity index (χ3v) is 6.90. The number of carbonyl (C=O) groups is 2. The molecule has 0 radical (unpaired) electrons. The molecular formula is C23H32N2O4. The van der Waals surface area contributed by atoms with E-state index in [1.165, 1.54) is 0 Å². The molecule has 4 N–H and O–H groups in total. The van der Waals surface area contributed by atoms with Crippen LogP contribution >= 0.6 is 0 Å². The smallest absolute Gasteiger partial charge is 0.341 e. The second kappa shape index (κ2) is 8.44. The van der Waals surface area contributed by atoms with Crippen LogP contribution in [0.2, 0.25) is 0 Å². The zero-order valence-electron chi connectivity index (χ0n) is 17.2. The summed E-state index contributed by atoms with van der Waals surface area (Å²) in [5, 5.41) is 0. The van der Waals surface area contributed by atoms with Gasteiger partial charge in [-0.2, -0.15) is 0 Å². The van der Waals surface area contributed by atoms with Crippen LogP contribution in [0.15, 0.2) is 12.1 Å². The Bertz CT molecular complexity index is 777. The number of hydrogen-bond donors (Lipinski definition) is 2. The maximum Gasteiger partial charge on any atom is 0.341 e. The van der Waals surface area contributed by atoms with Gasteiger partial charge in [0, 0.05) is 18.5 Å². The Labute approximate surface area is 172 Å². The number of nitrogens with two attached hydrogens (primary N) is 2. The van der Waals surface area contributed by atoms with E-state index in [0.717, 1.165) is 62.5 Å². The molecule has 6 nitrogen and oxygen atoms in total. The van der Waals surface area contributed by atoms with Gasteiger partial charge in [-0.05, 0) is 80.4 Å². The number of ether oxygens (including phenoxy) is 2. The number of carbonyl (C=O) groups excluding carboxylic acids is 2. The minimum Gasteiger partial charge on any atom is -0.422 e. The Hall–Kier alpha value is -1.92. The molecule has 2 aliphatic carbocycles. The Morgan fingerprint density at radius 1 is 0.828 bits per heavy atom. The molecule has 2 saturated carbocycles. The summed E-state index contributed by atoms with van der Waals surface area (Å²) >= 11 is 0. The molecule has 0 saturated heterocycles. The molecular weight excluding hydrogens is 368 g/mol. The van der Waals surface area contributed by atoms with Crippen LogP contribution in [0.4, 0.5) is 0 Å². The summed E-state index contributed by atoms with van der Waals surface area (Å²) in [4.78, 5) is 26.2. The van der Waals surface area contributed by atoms with E-state index in [2.05, 4.69) is 0 Å². The van der Waals surface area contributed by atoms with Gasteiger partial charge < -0.3 is 20.9 Å². The number of cyclic esters (lactones) is 2. The predicted molar refractivity (Wildman–Crippen MR) is 110 cm³/mol. The fraction of sp³-hybridized carbons (Fsp3) is 0.652. The molecule has 0 spiro atoms. The quantitative estimate of drug-likeness (QED) is 0.749. The lowest BCUT2D eigenvalue weighted by atomic mass is 9.73. The van der Waals surface area contributed by atoms with Gasteiger partial charge in [0.05, 0.1) is 11.1 Å². The van der Waals surface area contributed by atoms with E-state index in [0.29, 0.717) is 17.5 Å². The molecule has 6 heteroatoms. The molecule has 1 aromatic rings. The second-order valence-corrected chi connectivity index (χ2v) is 8.86. The van der Waals surface area contributed by atoms with Gasteiger partial charge in [-0.1, -0.05) is 13.0 Å². The summed E-state index contributed by atoms with van der Waals surface area (Å²) in [5.41, 5.74) is 15.2. The number of fused-ring (bicyclic) bond motifs is 2. The van der Waals surface area contributed by atoms with Crippen molar-refractivity contribution in [2.24, 2.45) is 11.5 Å². The van der Waals surface area contributed by atoms with Gasteiger partial charge in [0.2, 0.25) is 6.29 Å². The van der Waals surface area contributed by atoms with Crippen molar-refractivity contribution in [1.82, 2.24) is 0 Å². The van der Waals surface area contributed by atoms with E-state index < -0.39 is 12.3 Å². The summed E-state index contributed by atoms with van der Waals surface area (Å²) in [6, 6.07) is 4.24. The summed E-state index contributed by atoms with van der Waals surface area (Å²) in [5.74, 6) is -0.357. The zero-order chi connectivity index (χ0) is 20.5.